The summed E-state index contributed by atoms with van der Waals surface area (Å²) in [6, 6.07) is 7.14. The summed E-state index contributed by atoms with van der Waals surface area (Å²) in [4.78, 5) is 33.8. The van der Waals surface area contributed by atoms with Crippen molar-refractivity contribution in [1.29, 1.82) is 0 Å². The summed E-state index contributed by atoms with van der Waals surface area (Å²) < 4.78 is 5.08. The van der Waals surface area contributed by atoms with E-state index in [1.54, 1.807) is 31.2 Å². The number of aliphatic imine (C=N–C) groups is 1. The average Bonchev–Trinajstić information content (AvgIpc) is 2.94. The fraction of sp³-hybridized carbons (Fsp3) is 0.550. The zero-order valence-corrected chi connectivity index (χ0v) is 17.3. The summed E-state index contributed by atoms with van der Waals surface area (Å²) in [6.45, 7) is 8.24. The third-order valence-electron chi connectivity index (χ3n) is 4.86. The fourth-order valence-electron chi connectivity index (χ4n) is 3.47. The molecule has 3 rings (SSSR count). The number of esters is 1. The molecule has 0 aliphatic carbocycles. The van der Waals surface area contributed by atoms with Crippen LogP contribution in [0, 0.1) is 0 Å². The number of amides is 2. The van der Waals surface area contributed by atoms with Crippen molar-refractivity contribution in [2.24, 2.45) is 4.99 Å². The number of anilines is 1. The van der Waals surface area contributed by atoms with Crippen LogP contribution >= 0.6 is 11.8 Å². The van der Waals surface area contributed by atoms with Gasteiger partial charge in [0.1, 0.15) is 0 Å². The Morgan fingerprint density at radius 3 is 2.82 bits per heavy atom. The highest BCUT2D eigenvalue weighted by Gasteiger charge is 2.24. The summed E-state index contributed by atoms with van der Waals surface area (Å²) in [5.41, 5.74) is 0.862. The Labute approximate surface area is 170 Å². The van der Waals surface area contributed by atoms with Crippen LogP contribution in [-0.2, 0) is 4.74 Å². The number of nitrogens with one attached hydrogen (secondary N) is 1. The van der Waals surface area contributed by atoms with Crippen molar-refractivity contribution in [2.45, 2.75) is 26.3 Å². The van der Waals surface area contributed by atoms with Gasteiger partial charge < -0.3 is 15.0 Å². The Morgan fingerprint density at radius 2 is 2.07 bits per heavy atom. The van der Waals surface area contributed by atoms with E-state index in [-0.39, 0.29) is 6.03 Å². The standard InChI is InChI=1S/C20H28N4O3S/c1-3-27-19(25)17-7-4-5-8-18(17)22-20(26)24-10-6-9-23(11-12-24)13-16-14-28-15(2)21-16/h4-5,7-8,16H,3,6,9-14H2,1-2H3,(H,22,26). The van der Waals surface area contributed by atoms with E-state index in [1.807, 2.05) is 16.7 Å². The van der Waals surface area contributed by atoms with Gasteiger partial charge in [-0.15, -0.1) is 11.8 Å². The largest absolute Gasteiger partial charge is 0.462 e. The lowest BCUT2D eigenvalue weighted by Gasteiger charge is -2.23. The second-order valence-electron chi connectivity index (χ2n) is 6.95. The third-order valence-corrected chi connectivity index (χ3v) is 5.93. The molecule has 8 heteroatoms. The highest BCUT2D eigenvalue weighted by atomic mass is 32.2. The number of rotatable bonds is 5. The second-order valence-corrected chi connectivity index (χ2v) is 8.16. The van der Waals surface area contributed by atoms with E-state index < -0.39 is 5.97 Å². The van der Waals surface area contributed by atoms with E-state index in [2.05, 4.69) is 22.1 Å². The molecule has 2 aliphatic rings. The van der Waals surface area contributed by atoms with Gasteiger partial charge in [-0.3, -0.25) is 9.89 Å². The first-order valence-corrected chi connectivity index (χ1v) is 10.8. The minimum atomic E-state index is -0.425. The lowest BCUT2D eigenvalue weighted by molar-refractivity contribution is 0.0527. The van der Waals surface area contributed by atoms with Crippen LogP contribution in [0.3, 0.4) is 0 Å². The Bertz CT molecular complexity index is 740. The molecule has 28 heavy (non-hydrogen) atoms. The molecule has 0 radical (unpaired) electrons. The lowest BCUT2D eigenvalue weighted by atomic mass is 10.2. The average molecular weight is 405 g/mol. The molecule has 2 heterocycles. The van der Waals surface area contributed by atoms with Crippen molar-refractivity contribution in [3.05, 3.63) is 29.8 Å². The quantitative estimate of drug-likeness (QED) is 0.764. The van der Waals surface area contributed by atoms with Gasteiger partial charge in [-0.1, -0.05) is 12.1 Å². The molecule has 0 saturated carbocycles. The predicted octanol–water partition coefficient (Wildman–Crippen LogP) is 2.94. The minimum absolute atomic E-state index is 0.177. The molecule has 1 fully saturated rings. The van der Waals surface area contributed by atoms with Gasteiger partial charge in [0, 0.05) is 31.9 Å². The van der Waals surface area contributed by atoms with Gasteiger partial charge in [0.2, 0.25) is 0 Å². The maximum absolute atomic E-state index is 12.8. The van der Waals surface area contributed by atoms with Crippen LogP contribution in [0.1, 0.15) is 30.6 Å². The van der Waals surface area contributed by atoms with E-state index in [1.165, 1.54) is 5.04 Å². The van der Waals surface area contributed by atoms with Crippen LogP contribution < -0.4 is 5.32 Å². The number of ether oxygens (including phenoxy) is 1. The monoisotopic (exact) mass is 404 g/mol. The Morgan fingerprint density at radius 1 is 1.25 bits per heavy atom. The van der Waals surface area contributed by atoms with Crippen molar-refractivity contribution in [1.82, 2.24) is 9.80 Å². The highest BCUT2D eigenvalue weighted by molar-refractivity contribution is 8.14. The molecule has 2 amide bonds. The van der Waals surface area contributed by atoms with Gasteiger partial charge in [-0.2, -0.15) is 0 Å². The van der Waals surface area contributed by atoms with Crippen LogP contribution in [0.4, 0.5) is 10.5 Å². The van der Waals surface area contributed by atoms with Crippen molar-refractivity contribution >= 4 is 34.5 Å². The first-order valence-electron chi connectivity index (χ1n) is 9.78. The number of hydrogen-bond donors (Lipinski definition) is 1. The number of urea groups is 1. The molecule has 0 spiro atoms. The Hall–Kier alpha value is -2.06. The number of hydrogen-bond acceptors (Lipinski definition) is 6. The molecule has 152 valence electrons. The molecule has 2 aliphatic heterocycles. The van der Waals surface area contributed by atoms with Crippen molar-refractivity contribution < 1.29 is 14.3 Å². The molecular formula is C20H28N4O3S. The molecule has 7 nitrogen and oxygen atoms in total. The predicted molar refractivity (Wildman–Crippen MR) is 113 cm³/mol. The van der Waals surface area contributed by atoms with Crippen LogP contribution in [0.25, 0.3) is 0 Å². The number of carbonyl (C=O) groups is 2. The van der Waals surface area contributed by atoms with E-state index in [4.69, 9.17) is 4.74 Å². The summed E-state index contributed by atoms with van der Waals surface area (Å²) in [6.07, 6.45) is 0.926. The van der Waals surface area contributed by atoms with Gasteiger partial charge in [0.05, 0.1) is 28.9 Å². The van der Waals surface area contributed by atoms with Crippen molar-refractivity contribution in [2.75, 3.05) is 50.4 Å². The molecule has 1 saturated heterocycles. The highest BCUT2D eigenvalue weighted by Crippen LogP contribution is 2.20. The maximum Gasteiger partial charge on any atom is 0.340 e. The Kier molecular flexibility index (Phi) is 7.33. The molecule has 0 bridgehead atoms. The summed E-state index contributed by atoms with van der Waals surface area (Å²) >= 11 is 1.82. The molecule has 1 atom stereocenters. The van der Waals surface area contributed by atoms with Crippen LogP contribution in [-0.4, -0.2) is 78.0 Å². The van der Waals surface area contributed by atoms with Crippen molar-refractivity contribution in [3.63, 3.8) is 0 Å². The van der Waals surface area contributed by atoms with Crippen LogP contribution in [0.2, 0.25) is 0 Å². The van der Waals surface area contributed by atoms with Crippen LogP contribution in [0.5, 0.6) is 0 Å². The van der Waals surface area contributed by atoms with E-state index in [0.29, 0.717) is 37.0 Å². The van der Waals surface area contributed by atoms with Gasteiger partial charge in [-0.25, -0.2) is 9.59 Å². The van der Waals surface area contributed by atoms with Gasteiger partial charge in [-0.05, 0) is 38.9 Å². The molecule has 1 aromatic carbocycles. The molecule has 1 unspecified atom stereocenters. The van der Waals surface area contributed by atoms with Gasteiger partial charge >= 0.3 is 12.0 Å². The zero-order valence-electron chi connectivity index (χ0n) is 16.5. The lowest BCUT2D eigenvalue weighted by Crippen LogP contribution is -2.39. The molecule has 1 aromatic rings. The zero-order chi connectivity index (χ0) is 19.9. The number of thioether (sulfide) groups is 1. The molecule has 0 aromatic heterocycles. The minimum Gasteiger partial charge on any atom is -0.462 e. The van der Waals surface area contributed by atoms with E-state index >= 15 is 0 Å². The van der Waals surface area contributed by atoms with Crippen LogP contribution in [0.15, 0.2) is 29.3 Å². The van der Waals surface area contributed by atoms with E-state index in [0.717, 1.165) is 31.8 Å². The van der Waals surface area contributed by atoms with E-state index in [9.17, 15) is 9.59 Å². The molecule has 1 N–H and O–H groups in total. The van der Waals surface area contributed by atoms with Gasteiger partial charge in [0.25, 0.3) is 0 Å². The number of carbonyl (C=O) groups excluding carboxylic acids is 2. The number of para-hydroxylation sites is 1. The summed E-state index contributed by atoms with van der Waals surface area (Å²) in [5, 5.41) is 4.05. The second kappa shape index (κ2) is 9.93. The number of nitrogens with zero attached hydrogens (tertiary/aromatic N) is 3. The summed E-state index contributed by atoms with van der Waals surface area (Å²) in [7, 11) is 0. The normalized spacial score (nSPS) is 20.4. The Balaban J connectivity index is 1.56. The fourth-order valence-corrected chi connectivity index (χ4v) is 4.31. The SMILES string of the molecule is CCOC(=O)c1ccccc1NC(=O)N1CCCN(CC2CSC(C)=N2)CC1. The number of benzene rings is 1. The summed E-state index contributed by atoms with van der Waals surface area (Å²) in [5.74, 6) is 0.627. The first-order chi connectivity index (χ1) is 13.6. The van der Waals surface area contributed by atoms with Gasteiger partial charge in [0.15, 0.2) is 0 Å². The maximum atomic E-state index is 12.8. The smallest absolute Gasteiger partial charge is 0.340 e. The van der Waals surface area contributed by atoms with Crippen molar-refractivity contribution in [3.8, 4) is 0 Å². The third kappa shape index (κ3) is 5.48. The first kappa shape index (κ1) is 20.7. The topological polar surface area (TPSA) is 74.2 Å². The molecular weight excluding hydrogens is 376 g/mol.